The fraction of sp³-hybridized carbons (Fsp3) is 0.902. The molecule has 1 aromatic rings. The van der Waals surface area contributed by atoms with E-state index >= 15 is 0 Å². The number of aromatic nitrogens is 2. The van der Waals surface area contributed by atoms with Gasteiger partial charge in [-0.05, 0) is 145 Å². The topological polar surface area (TPSA) is 123 Å². The van der Waals surface area contributed by atoms with Crippen LogP contribution in [0.4, 0.5) is 0 Å². The minimum absolute atomic E-state index is 0.0182. The molecule has 12 rings (SSSR count). The van der Waals surface area contributed by atoms with Crippen LogP contribution in [0.1, 0.15) is 197 Å². The monoisotopic (exact) mass is 967 g/mol. The summed E-state index contributed by atoms with van der Waals surface area (Å²) in [5.41, 5.74) is 3.72. The van der Waals surface area contributed by atoms with Crippen LogP contribution in [-0.4, -0.2) is 80.6 Å². The van der Waals surface area contributed by atoms with Crippen LogP contribution in [0.25, 0.3) is 0 Å². The number of nitrogens with zero attached hydrogens (tertiary/aromatic N) is 2. The number of ether oxygens (including phenoxy) is 4. The summed E-state index contributed by atoms with van der Waals surface area (Å²) in [4.78, 5) is 11.7. The zero-order valence-electron chi connectivity index (χ0n) is 46.4. The molecule has 3 N–H and O–H groups in total. The van der Waals surface area contributed by atoms with E-state index in [0.29, 0.717) is 37.4 Å². The molecule has 0 aromatic carbocycles. The van der Waals surface area contributed by atoms with E-state index in [0.717, 1.165) is 96.5 Å². The van der Waals surface area contributed by atoms with Crippen molar-refractivity contribution in [2.75, 3.05) is 19.8 Å². The lowest BCUT2D eigenvalue weighted by Gasteiger charge is -2.73. The molecule has 3 saturated heterocycles. The first-order valence-electron chi connectivity index (χ1n) is 28.7. The van der Waals surface area contributed by atoms with Crippen LogP contribution in [0.5, 0.6) is 0 Å². The van der Waals surface area contributed by atoms with E-state index in [4.69, 9.17) is 28.9 Å². The van der Waals surface area contributed by atoms with Gasteiger partial charge in [0.25, 0.3) is 0 Å². The van der Waals surface area contributed by atoms with Crippen molar-refractivity contribution in [2.24, 2.45) is 89.7 Å². The molecule has 5 saturated carbocycles. The van der Waals surface area contributed by atoms with Crippen LogP contribution >= 0.6 is 0 Å². The highest BCUT2D eigenvalue weighted by atomic mass is 16.7. The Kier molecular flexibility index (Phi) is 10.2. The van der Waals surface area contributed by atoms with E-state index in [1.807, 2.05) is 0 Å². The maximum absolute atomic E-state index is 13.4. The largest absolute Gasteiger partial charge is 0.392 e. The standard InChI is InChI=1S/C61H94N2O7/c1-35(2)16-21-59(67-24-25-68-59)37(4)61(66)47(65)32-54(11)45-18-20-51(8)28-41-42(29-56(51,13)52(45,9)22-23-55(54,61)12)62-40-27-50(7)19-17-38-39-26-44-48(36(3)60(70-44)33-49(5,6)34-69-60)58(39,15)46(64)31-53(38,10)57(50,14)30-43(40)63-41/h26,35-38,44-48,64-66H,16-25,27-34H2,1-15H3/t36-,37+,38?,44-,45?,46+,47-,48-,50-,51-,52-,53-,54-,55-,56-,57-,58+,60?,61+/m0/s1. The summed E-state index contributed by atoms with van der Waals surface area (Å²) in [5, 5.41) is 38.6. The minimum Gasteiger partial charge on any atom is -0.392 e. The number of fused-ring (bicyclic) bond motifs is 14. The summed E-state index contributed by atoms with van der Waals surface area (Å²) in [6.45, 7) is 37.9. The third-order valence-corrected chi connectivity index (χ3v) is 27.1. The summed E-state index contributed by atoms with van der Waals surface area (Å²) in [6, 6.07) is 0. The summed E-state index contributed by atoms with van der Waals surface area (Å²) < 4.78 is 26.7. The quantitative estimate of drug-likeness (QED) is 0.248. The van der Waals surface area contributed by atoms with Gasteiger partial charge in [0.15, 0.2) is 11.6 Å². The molecule has 3 aliphatic heterocycles. The van der Waals surface area contributed by atoms with Gasteiger partial charge in [0, 0.05) is 41.4 Å². The first kappa shape index (κ1) is 49.4. The van der Waals surface area contributed by atoms with E-state index in [-0.39, 0.29) is 72.6 Å². The Bertz CT molecular complexity index is 2400. The SMILES string of the molecule is CC(C)CCC1([C@@H](C)[C@@]2(O)[C@@H](O)C[C@@]3(C)C4CC[C@@]5(C)Cc6nc7c(nc6C[C@]5(C)[C@@]4(C)CC[C@]23C)C[C@]2(C)CCC3C4=C[C@@H]5OC6(CC(C)(C)CO6)[C@@H](C)[C@@H]5[C@@]4(C)[C@H](O)C[C@]3(C)[C@@]2(C)C7)OCCO1. The minimum atomic E-state index is -1.35. The average molecular weight is 967 g/mol. The Morgan fingerprint density at radius 3 is 1.83 bits per heavy atom. The normalized spacial score (nSPS) is 54.8. The van der Waals surface area contributed by atoms with E-state index in [9.17, 15) is 15.3 Å². The Morgan fingerprint density at radius 1 is 0.671 bits per heavy atom. The molecule has 1 aromatic heterocycles. The second-order valence-corrected chi connectivity index (χ2v) is 30.4. The van der Waals surface area contributed by atoms with Gasteiger partial charge in [0.2, 0.25) is 0 Å². The molecular weight excluding hydrogens is 873 g/mol. The Hall–Kier alpha value is -1.46. The fourth-order valence-electron chi connectivity index (χ4n) is 21.9. The van der Waals surface area contributed by atoms with Crippen molar-refractivity contribution in [3.63, 3.8) is 0 Å². The van der Waals surface area contributed by atoms with E-state index in [1.165, 1.54) is 28.3 Å². The van der Waals surface area contributed by atoms with Crippen molar-refractivity contribution in [3.8, 4) is 0 Å². The van der Waals surface area contributed by atoms with Gasteiger partial charge >= 0.3 is 0 Å². The molecule has 1 spiro atoms. The first-order valence-corrected chi connectivity index (χ1v) is 28.7. The molecule has 0 bridgehead atoms. The Balaban J connectivity index is 0.845. The van der Waals surface area contributed by atoms with Crippen LogP contribution in [0.15, 0.2) is 11.6 Å². The number of aliphatic hydroxyl groups is 3. The Morgan fingerprint density at radius 2 is 1.24 bits per heavy atom. The molecule has 4 heterocycles. The molecule has 19 atom stereocenters. The second-order valence-electron chi connectivity index (χ2n) is 30.4. The highest BCUT2D eigenvalue weighted by Gasteiger charge is 2.80. The Labute approximate surface area is 422 Å². The van der Waals surface area contributed by atoms with Gasteiger partial charge in [-0.2, -0.15) is 0 Å². The molecule has 9 nitrogen and oxygen atoms in total. The fourth-order valence-corrected chi connectivity index (χ4v) is 21.9. The van der Waals surface area contributed by atoms with E-state index < -0.39 is 34.8 Å². The van der Waals surface area contributed by atoms with E-state index in [1.54, 1.807) is 0 Å². The van der Waals surface area contributed by atoms with Gasteiger partial charge in [-0.1, -0.05) is 116 Å². The number of aliphatic hydroxyl groups excluding tert-OH is 2. The smallest absolute Gasteiger partial charge is 0.173 e. The van der Waals surface area contributed by atoms with Gasteiger partial charge in [-0.15, -0.1) is 0 Å². The predicted molar refractivity (Wildman–Crippen MR) is 271 cm³/mol. The summed E-state index contributed by atoms with van der Waals surface area (Å²) >= 11 is 0. The summed E-state index contributed by atoms with van der Waals surface area (Å²) in [7, 11) is 0. The molecule has 70 heavy (non-hydrogen) atoms. The maximum Gasteiger partial charge on any atom is 0.173 e. The highest BCUT2D eigenvalue weighted by Crippen LogP contribution is 2.81. The molecular formula is C61H94N2O7. The molecule has 390 valence electrons. The van der Waals surface area contributed by atoms with Crippen molar-refractivity contribution in [3.05, 3.63) is 34.4 Å². The number of rotatable bonds is 5. The van der Waals surface area contributed by atoms with Crippen LogP contribution in [0.2, 0.25) is 0 Å². The zero-order chi connectivity index (χ0) is 50.3. The van der Waals surface area contributed by atoms with Crippen molar-refractivity contribution in [1.29, 1.82) is 0 Å². The summed E-state index contributed by atoms with van der Waals surface area (Å²) in [6.07, 6.45) is 15.1. The van der Waals surface area contributed by atoms with E-state index in [2.05, 4.69) is 110 Å². The van der Waals surface area contributed by atoms with Gasteiger partial charge in [0.1, 0.15) is 5.60 Å². The third-order valence-electron chi connectivity index (χ3n) is 27.1. The van der Waals surface area contributed by atoms with Crippen LogP contribution in [-0.2, 0) is 44.6 Å². The van der Waals surface area contributed by atoms with Crippen LogP contribution < -0.4 is 0 Å². The molecule has 8 aliphatic carbocycles. The predicted octanol–water partition coefficient (Wildman–Crippen LogP) is 11.2. The second kappa shape index (κ2) is 14.5. The van der Waals surface area contributed by atoms with Crippen molar-refractivity contribution in [2.45, 2.75) is 236 Å². The maximum atomic E-state index is 13.4. The molecule has 11 aliphatic rings. The van der Waals surface area contributed by atoms with Crippen molar-refractivity contribution >= 4 is 0 Å². The molecule has 8 fully saturated rings. The van der Waals surface area contributed by atoms with Gasteiger partial charge in [-0.25, -0.2) is 0 Å². The number of hydrogen-bond donors (Lipinski definition) is 3. The van der Waals surface area contributed by atoms with Gasteiger partial charge < -0.3 is 34.3 Å². The lowest BCUT2D eigenvalue weighted by molar-refractivity contribution is -0.298. The van der Waals surface area contributed by atoms with Gasteiger partial charge in [-0.3, -0.25) is 9.97 Å². The van der Waals surface area contributed by atoms with Crippen molar-refractivity contribution < 1.29 is 34.3 Å². The van der Waals surface area contributed by atoms with Crippen molar-refractivity contribution in [1.82, 2.24) is 9.97 Å². The first-order chi connectivity index (χ1) is 32.4. The third kappa shape index (κ3) is 5.57. The van der Waals surface area contributed by atoms with Gasteiger partial charge in [0.05, 0.1) is 60.9 Å². The average Bonchev–Trinajstić information content (AvgIpc) is 4.05. The molecule has 3 unspecified atom stereocenters. The summed E-state index contributed by atoms with van der Waals surface area (Å²) in [5.74, 6) is -0.219. The highest BCUT2D eigenvalue weighted by molar-refractivity contribution is 5.41. The molecule has 0 radical (unpaired) electrons. The van der Waals surface area contributed by atoms with Crippen LogP contribution in [0, 0.1) is 89.7 Å². The zero-order valence-corrected chi connectivity index (χ0v) is 46.4. The molecule has 9 heteroatoms. The number of hydrogen-bond acceptors (Lipinski definition) is 9. The lowest BCUT2D eigenvalue weighted by Crippen LogP contribution is -2.70. The molecule has 0 amide bonds. The van der Waals surface area contributed by atoms with Crippen LogP contribution in [0.3, 0.4) is 0 Å². The lowest BCUT2D eigenvalue weighted by atomic mass is 9.32.